The van der Waals surface area contributed by atoms with Gasteiger partial charge in [0.25, 0.3) is 0 Å². The number of allylic oxidation sites excluding steroid dienone is 4. The average molecular weight is 353 g/mol. The van der Waals surface area contributed by atoms with Crippen molar-refractivity contribution in [1.29, 1.82) is 0 Å². The third-order valence-corrected chi connectivity index (χ3v) is 5.84. The second-order valence-corrected chi connectivity index (χ2v) is 7.67. The molecule has 1 aromatic rings. The molecule has 0 spiro atoms. The second-order valence-electron chi connectivity index (χ2n) is 7.67. The highest BCUT2D eigenvalue weighted by Crippen LogP contribution is 2.37. The van der Waals surface area contributed by atoms with Crippen LogP contribution in [0.2, 0.25) is 0 Å². The van der Waals surface area contributed by atoms with Crippen molar-refractivity contribution in [3.63, 3.8) is 0 Å². The van der Waals surface area contributed by atoms with Crippen molar-refractivity contribution in [3.05, 3.63) is 59.2 Å². The summed E-state index contributed by atoms with van der Waals surface area (Å²) >= 11 is 0. The first-order chi connectivity index (χ1) is 12.7. The van der Waals surface area contributed by atoms with E-state index in [9.17, 15) is 4.79 Å². The van der Waals surface area contributed by atoms with E-state index in [1.807, 2.05) is 0 Å². The van der Waals surface area contributed by atoms with Crippen LogP contribution in [-0.4, -0.2) is 25.5 Å². The summed E-state index contributed by atoms with van der Waals surface area (Å²) in [5.41, 5.74) is 3.86. The smallest absolute Gasteiger partial charge is 0.226 e. The molecule has 3 rings (SSSR count). The molecule has 1 fully saturated rings. The molecule has 1 aliphatic carbocycles. The molecule has 26 heavy (non-hydrogen) atoms. The van der Waals surface area contributed by atoms with Crippen LogP contribution in [0, 0.1) is 5.41 Å². The Kier molecular flexibility index (Phi) is 6.67. The fourth-order valence-electron chi connectivity index (χ4n) is 4.07. The lowest BCUT2D eigenvalue weighted by molar-refractivity contribution is -0.132. The van der Waals surface area contributed by atoms with Crippen molar-refractivity contribution in [1.82, 2.24) is 10.6 Å². The Morgan fingerprint density at radius 2 is 1.88 bits per heavy atom. The highest BCUT2D eigenvalue weighted by molar-refractivity contribution is 5.83. The van der Waals surface area contributed by atoms with E-state index >= 15 is 0 Å². The summed E-state index contributed by atoms with van der Waals surface area (Å²) in [6.45, 7) is 4.77. The van der Waals surface area contributed by atoms with Crippen molar-refractivity contribution in [2.24, 2.45) is 5.41 Å². The Bertz CT molecular complexity index is 651. The van der Waals surface area contributed by atoms with Crippen LogP contribution in [0.25, 0.3) is 0 Å². The third kappa shape index (κ3) is 4.85. The lowest BCUT2D eigenvalue weighted by atomic mass is 9.72. The topological polar surface area (TPSA) is 41.1 Å². The van der Waals surface area contributed by atoms with Gasteiger partial charge in [-0.05, 0) is 69.2 Å². The number of carbonyl (C=O) groups excluding carboxylic acids is 1. The fourth-order valence-corrected chi connectivity index (χ4v) is 4.07. The zero-order valence-corrected chi connectivity index (χ0v) is 16.0. The van der Waals surface area contributed by atoms with Crippen LogP contribution >= 0.6 is 0 Å². The Balaban J connectivity index is 1.58. The number of rotatable bonds is 7. The number of hydrogen-bond acceptors (Lipinski definition) is 2. The molecule has 0 radical (unpaired) electrons. The monoisotopic (exact) mass is 352 g/mol. The van der Waals surface area contributed by atoms with Crippen molar-refractivity contribution < 1.29 is 4.79 Å². The Labute approximate surface area is 158 Å². The molecule has 0 saturated carbocycles. The van der Waals surface area contributed by atoms with E-state index in [0.717, 1.165) is 64.6 Å². The summed E-state index contributed by atoms with van der Waals surface area (Å²) < 4.78 is 0. The van der Waals surface area contributed by atoms with Crippen molar-refractivity contribution in [2.75, 3.05) is 19.6 Å². The van der Waals surface area contributed by atoms with Crippen LogP contribution in [0.5, 0.6) is 0 Å². The number of aryl methyl sites for hydroxylation is 1. The Morgan fingerprint density at radius 3 is 2.54 bits per heavy atom. The molecule has 140 valence electrons. The average Bonchev–Trinajstić information content (AvgIpc) is 2.70. The molecule has 0 aromatic heterocycles. The molecule has 3 heteroatoms. The van der Waals surface area contributed by atoms with Crippen LogP contribution in [0.1, 0.15) is 50.2 Å². The first-order valence-electron chi connectivity index (χ1n) is 10.1. The number of carbonyl (C=O) groups is 1. The van der Waals surface area contributed by atoms with Gasteiger partial charge in [-0.15, -0.1) is 0 Å². The highest BCUT2D eigenvalue weighted by Gasteiger charge is 2.39. The standard InChI is InChI=1S/C23H32N2O/c1-2-19-8-10-20(11-9-19)12-15-25-22(26)23(13-16-24-17-14-23)18-21-6-4-3-5-7-21/h3-4,6,8-11,24H,2,5,7,12-18H2,1H3,(H,25,26). The molecular formula is C23H32N2O. The molecule has 0 bridgehead atoms. The van der Waals surface area contributed by atoms with Gasteiger partial charge in [-0.1, -0.05) is 55.0 Å². The van der Waals surface area contributed by atoms with Crippen LogP contribution < -0.4 is 10.6 Å². The molecule has 2 N–H and O–H groups in total. The minimum atomic E-state index is -0.228. The summed E-state index contributed by atoms with van der Waals surface area (Å²) in [7, 11) is 0. The number of piperidine rings is 1. The minimum Gasteiger partial charge on any atom is -0.355 e. The molecule has 0 unspecified atom stereocenters. The lowest BCUT2D eigenvalue weighted by Crippen LogP contribution is -2.48. The van der Waals surface area contributed by atoms with Crippen LogP contribution in [-0.2, 0) is 17.6 Å². The maximum Gasteiger partial charge on any atom is 0.226 e. The summed E-state index contributed by atoms with van der Waals surface area (Å²) in [6.07, 6.45) is 13.5. The molecule has 1 aliphatic heterocycles. The van der Waals surface area contributed by atoms with Gasteiger partial charge in [-0.3, -0.25) is 4.79 Å². The van der Waals surface area contributed by atoms with E-state index < -0.39 is 0 Å². The fraction of sp³-hybridized carbons (Fsp3) is 0.522. The lowest BCUT2D eigenvalue weighted by Gasteiger charge is -2.37. The molecule has 1 saturated heterocycles. The van der Waals surface area contributed by atoms with Gasteiger partial charge in [0, 0.05) is 6.54 Å². The van der Waals surface area contributed by atoms with Gasteiger partial charge in [-0.2, -0.15) is 0 Å². The van der Waals surface area contributed by atoms with E-state index in [1.165, 1.54) is 16.7 Å². The quantitative estimate of drug-likeness (QED) is 0.780. The molecule has 0 atom stereocenters. The summed E-state index contributed by atoms with van der Waals surface area (Å²) in [6, 6.07) is 8.75. The first kappa shape index (κ1) is 18.9. The van der Waals surface area contributed by atoms with E-state index in [-0.39, 0.29) is 11.3 Å². The van der Waals surface area contributed by atoms with Crippen LogP contribution in [0.15, 0.2) is 48.1 Å². The normalized spacial score (nSPS) is 19.0. The van der Waals surface area contributed by atoms with E-state index in [0.29, 0.717) is 0 Å². The second kappa shape index (κ2) is 9.18. The zero-order valence-electron chi connectivity index (χ0n) is 16.0. The number of amides is 1. The third-order valence-electron chi connectivity index (χ3n) is 5.84. The van der Waals surface area contributed by atoms with Gasteiger partial charge >= 0.3 is 0 Å². The molecule has 2 aliphatic rings. The Morgan fingerprint density at radius 1 is 1.15 bits per heavy atom. The number of hydrogen-bond donors (Lipinski definition) is 2. The maximum absolute atomic E-state index is 13.1. The zero-order chi connectivity index (χ0) is 18.2. The number of nitrogens with one attached hydrogen (secondary N) is 2. The van der Waals surface area contributed by atoms with E-state index in [2.05, 4.69) is 60.1 Å². The predicted molar refractivity (Wildman–Crippen MR) is 108 cm³/mol. The minimum absolute atomic E-state index is 0.228. The van der Waals surface area contributed by atoms with Crippen molar-refractivity contribution in [3.8, 4) is 0 Å². The summed E-state index contributed by atoms with van der Waals surface area (Å²) in [5.74, 6) is 0.250. The van der Waals surface area contributed by atoms with Crippen LogP contribution in [0.4, 0.5) is 0 Å². The molecular weight excluding hydrogens is 320 g/mol. The Hall–Kier alpha value is -1.87. The van der Waals surface area contributed by atoms with Gasteiger partial charge in [0.2, 0.25) is 5.91 Å². The SMILES string of the molecule is CCc1ccc(CCNC(=O)C2(CC3=CC=CCC3)CCNCC2)cc1. The molecule has 1 heterocycles. The first-order valence-corrected chi connectivity index (χ1v) is 10.1. The predicted octanol–water partition coefficient (Wildman–Crippen LogP) is 3.94. The van der Waals surface area contributed by atoms with E-state index in [1.54, 1.807) is 0 Å². The van der Waals surface area contributed by atoms with Gasteiger partial charge < -0.3 is 10.6 Å². The molecule has 3 nitrogen and oxygen atoms in total. The molecule has 1 amide bonds. The van der Waals surface area contributed by atoms with Crippen molar-refractivity contribution in [2.45, 2.75) is 51.9 Å². The van der Waals surface area contributed by atoms with Gasteiger partial charge in [0.1, 0.15) is 0 Å². The van der Waals surface area contributed by atoms with Crippen LogP contribution in [0.3, 0.4) is 0 Å². The van der Waals surface area contributed by atoms with Crippen molar-refractivity contribution >= 4 is 5.91 Å². The van der Waals surface area contributed by atoms with E-state index in [4.69, 9.17) is 0 Å². The highest BCUT2D eigenvalue weighted by atomic mass is 16.2. The summed E-state index contributed by atoms with van der Waals surface area (Å²) in [4.78, 5) is 13.1. The van der Waals surface area contributed by atoms with Gasteiger partial charge in [-0.25, -0.2) is 0 Å². The van der Waals surface area contributed by atoms with Gasteiger partial charge in [0.15, 0.2) is 0 Å². The maximum atomic E-state index is 13.1. The largest absolute Gasteiger partial charge is 0.355 e. The molecule has 1 aromatic carbocycles. The number of benzene rings is 1. The van der Waals surface area contributed by atoms with Gasteiger partial charge in [0.05, 0.1) is 5.41 Å². The summed E-state index contributed by atoms with van der Waals surface area (Å²) in [5, 5.41) is 6.66.